The zero-order chi connectivity index (χ0) is 18.4. The largest absolute Gasteiger partial charge is 0.484 e. The van der Waals surface area contributed by atoms with Crippen molar-refractivity contribution < 1.29 is 9.53 Å². The van der Waals surface area contributed by atoms with Crippen molar-refractivity contribution in [3.05, 3.63) is 53.0 Å². The smallest absolute Gasteiger partial charge is 0.262 e. The second-order valence-corrected chi connectivity index (χ2v) is 7.15. The predicted octanol–water partition coefficient (Wildman–Crippen LogP) is 3.61. The molecule has 0 aromatic heterocycles. The molecule has 0 unspecified atom stereocenters. The summed E-state index contributed by atoms with van der Waals surface area (Å²) in [6, 6.07) is 15.4. The molecule has 0 aliphatic carbocycles. The van der Waals surface area contributed by atoms with Crippen LogP contribution in [-0.2, 0) is 4.79 Å². The van der Waals surface area contributed by atoms with Gasteiger partial charge in [0.05, 0.1) is 11.4 Å². The first-order chi connectivity index (χ1) is 12.7. The maximum Gasteiger partial charge on any atom is 0.262 e. The summed E-state index contributed by atoms with van der Waals surface area (Å²) in [5, 5.41) is 2.99. The number of nitrogens with zero attached hydrogens (tertiary/aromatic N) is 2. The first kappa shape index (κ1) is 18.7. The van der Waals surface area contributed by atoms with Crippen LogP contribution in [-0.4, -0.2) is 50.1 Å². The van der Waals surface area contributed by atoms with Crippen LogP contribution >= 0.6 is 15.9 Å². The summed E-state index contributed by atoms with van der Waals surface area (Å²) >= 11 is 3.40. The fourth-order valence-electron chi connectivity index (χ4n) is 3.05. The molecule has 2 aromatic rings. The average Bonchev–Trinajstić information content (AvgIpc) is 2.67. The molecule has 3 rings (SSSR count). The number of hydrogen-bond donors (Lipinski definition) is 1. The molecule has 5 nitrogen and oxygen atoms in total. The van der Waals surface area contributed by atoms with E-state index in [0.29, 0.717) is 5.75 Å². The van der Waals surface area contributed by atoms with Gasteiger partial charge in [0.15, 0.2) is 6.61 Å². The fourth-order valence-corrected chi connectivity index (χ4v) is 3.43. The summed E-state index contributed by atoms with van der Waals surface area (Å²) in [5.74, 6) is 0.503. The number of carbonyl (C=O) groups is 1. The van der Waals surface area contributed by atoms with E-state index in [1.807, 2.05) is 42.5 Å². The molecule has 1 aliphatic rings. The summed E-state index contributed by atoms with van der Waals surface area (Å²) in [5.41, 5.74) is 1.90. The maximum atomic E-state index is 12.3. The normalized spacial score (nSPS) is 14.9. The maximum absolute atomic E-state index is 12.3. The third-order valence-electron chi connectivity index (χ3n) is 4.50. The van der Waals surface area contributed by atoms with Crippen molar-refractivity contribution in [1.82, 2.24) is 4.90 Å². The molecule has 0 spiro atoms. The second kappa shape index (κ2) is 9.05. The van der Waals surface area contributed by atoms with Gasteiger partial charge in [-0.3, -0.25) is 4.79 Å². The number of benzene rings is 2. The van der Waals surface area contributed by atoms with Gasteiger partial charge in [0.1, 0.15) is 5.75 Å². The van der Waals surface area contributed by atoms with Crippen molar-refractivity contribution in [2.24, 2.45) is 0 Å². The lowest BCUT2D eigenvalue weighted by Crippen LogP contribution is -2.46. The molecule has 1 fully saturated rings. The van der Waals surface area contributed by atoms with Gasteiger partial charge in [-0.25, -0.2) is 0 Å². The summed E-state index contributed by atoms with van der Waals surface area (Å²) in [6.45, 7) is 7.28. The number of carbonyl (C=O) groups excluding carboxylic acids is 1. The van der Waals surface area contributed by atoms with E-state index in [4.69, 9.17) is 4.74 Å². The Balaban J connectivity index is 1.60. The number of piperazine rings is 1. The average molecular weight is 418 g/mol. The highest BCUT2D eigenvalue weighted by Gasteiger charge is 2.18. The Hall–Kier alpha value is -2.05. The van der Waals surface area contributed by atoms with Gasteiger partial charge in [0.25, 0.3) is 5.91 Å². The van der Waals surface area contributed by atoms with E-state index in [1.54, 1.807) is 0 Å². The highest BCUT2D eigenvalue weighted by atomic mass is 79.9. The Morgan fingerprint density at radius 2 is 1.88 bits per heavy atom. The van der Waals surface area contributed by atoms with Crippen molar-refractivity contribution in [2.75, 3.05) is 49.5 Å². The molecule has 2 aromatic carbocycles. The van der Waals surface area contributed by atoms with Gasteiger partial charge in [0.2, 0.25) is 0 Å². The minimum Gasteiger partial charge on any atom is -0.484 e. The van der Waals surface area contributed by atoms with Gasteiger partial charge < -0.3 is 19.9 Å². The fraction of sp³-hybridized carbons (Fsp3) is 0.350. The zero-order valence-electron chi connectivity index (χ0n) is 15.0. The number of nitrogens with one attached hydrogen (secondary N) is 1. The molecular formula is C20H24BrN3O2. The van der Waals surface area contributed by atoms with Crippen LogP contribution in [0.4, 0.5) is 11.4 Å². The number of anilines is 2. The third kappa shape index (κ3) is 4.99. The van der Waals surface area contributed by atoms with Crippen LogP contribution in [0, 0.1) is 0 Å². The van der Waals surface area contributed by atoms with Crippen LogP contribution in [0.25, 0.3) is 0 Å². The van der Waals surface area contributed by atoms with Crippen molar-refractivity contribution in [3.63, 3.8) is 0 Å². The van der Waals surface area contributed by atoms with Crippen LogP contribution in [0.2, 0.25) is 0 Å². The first-order valence-corrected chi connectivity index (χ1v) is 9.69. The number of amides is 1. The molecule has 1 N–H and O–H groups in total. The Morgan fingerprint density at radius 1 is 1.12 bits per heavy atom. The number of ether oxygens (including phenoxy) is 1. The number of rotatable bonds is 6. The van der Waals surface area contributed by atoms with E-state index in [-0.39, 0.29) is 12.5 Å². The Labute approximate surface area is 163 Å². The van der Waals surface area contributed by atoms with Crippen molar-refractivity contribution in [2.45, 2.75) is 6.92 Å². The summed E-state index contributed by atoms with van der Waals surface area (Å²) < 4.78 is 6.50. The van der Waals surface area contributed by atoms with Crippen molar-refractivity contribution in [1.29, 1.82) is 0 Å². The number of likely N-dealkylation sites (N-methyl/N-ethyl adjacent to an activating group) is 1. The molecule has 1 heterocycles. The predicted molar refractivity (Wildman–Crippen MR) is 109 cm³/mol. The third-order valence-corrected chi connectivity index (χ3v) is 5.00. The molecular weight excluding hydrogens is 394 g/mol. The van der Waals surface area contributed by atoms with Gasteiger partial charge in [-0.2, -0.15) is 0 Å². The number of para-hydroxylation sites is 2. The molecule has 1 aliphatic heterocycles. The standard InChI is InChI=1S/C20H24BrN3O2/c1-2-23-10-12-24(13-11-23)19-9-4-3-8-18(19)22-20(25)15-26-17-7-5-6-16(21)14-17/h3-9,14H,2,10-13,15H2,1H3,(H,22,25). The van der Waals surface area contributed by atoms with Gasteiger partial charge in [0, 0.05) is 30.7 Å². The molecule has 6 heteroatoms. The Morgan fingerprint density at radius 3 is 2.62 bits per heavy atom. The summed E-state index contributed by atoms with van der Waals surface area (Å²) in [4.78, 5) is 17.1. The van der Waals surface area contributed by atoms with E-state index in [0.717, 1.165) is 48.6 Å². The highest BCUT2D eigenvalue weighted by molar-refractivity contribution is 9.10. The lowest BCUT2D eigenvalue weighted by molar-refractivity contribution is -0.118. The quantitative estimate of drug-likeness (QED) is 0.779. The first-order valence-electron chi connectivity index (χ1n) is 8.90. The van der Waals surface area contributed by atoms with E-state index in [2.05, 4.69) is 44.0 Å². The highest BCUT2D eigenvalue weighted by Crippen LogP contribution is 2.26. The van der Waals surface area contributed by atoms with Gasteiger partial charge in [-0.15, -0.1) is 0 Å². The molecule has 138 valence electrons. The van der Waals surface area contributed by atoms with Gasteiger partial charge >= 0.3 is 0 Å². The van der Waals surface area contributed by atoms with Gasteiger partial charge in [-0.05, 0) is 36.9 Å². The monoisotopic (exact) mass is 417 g/mol. The molecule has 0 atom stereocenters. The van der Waals surface area contributed by atoms with Crippen LogP contribution in [0.15, 0.2) is 53.0 Å². The van der Waals surface area contributed by atoms with E-state index >= 15 is 0 Å². The van der Waals surface area contributed by atoms with Crippen molar-refractivity contribution in [3.8, 4) is 5.75 Å². The molecule has 1 amide bonds. The summed E-state index contributed by atoms with van der Waals surface area (Å²) in [7, 11) is 0. The molecule has 0 bridgehead atoms. The van der Waals surface area contributed by atoms with Gasteiger partial charge in [-0.1, -0.05) is 41.1 Å². The Bertz CT molecular complexity index is 745. The SMILES string of the molecule is CCN1CCN(c2ccccc2NC(=O)COc2cccc(Br)c2)CC1. The van der Waals surface area contributed by atoms with E-state index in [1.165, 1.54) is 0 Å². The minimum atomic E-state index is -0.162. The van der Waals surface area contributed by atoms with E-state index < -0.39 is 0 Å². The number of hydrogen-bond acceptors (Lipinski definition) is 4. The van der Waals surface area contributed by atoms with Crippen LogP contribution in [0.3, 0.4) is 0 Å². The molecule has 26 heavy (non-hydrogen) atoms. The Kier molecular flexibility index (Phi) is 6.52. The molecule has 1 saturated heterocycles. The topological polar surface area (TPSA) is 44.8 Å². The lowest BCUT2D eigenvalue weighted by Gasteiger charge is -2.36. The van der Waals surface area contributed by atoms with Crippen LogP contribution in [0.1, 0.15) is 6.92 Å². The minimum absolute atomic E-state index is 0.0194. The zero-order valence-corrected chi connectivity index (χ0v) is 16.5. The van der Waals surface area contributed by atoms with Crippen molar-refractivity contribution >= 4 is 33.2 Å². The summed E-state index contributed by atoms with van der Waals surface area (Å²) in [6.07, 6.45) is 0. The van der Waals surface area contributed by atoms with Crippen LogP contribution < -0.4 is 15.0 Å². The van der Waals surface area contributed by atoms with E-state index in [9.17, 15) is 4.79 Å². The van der Waals surface area contributed by atoms with Crippen LogP contribution in [0.5, 0.6) is 5.75 Å². The lowest BCUT2D eigenvalue weighted by atomic mass is 10.2. The number of halogens is 1. The second-order valence-electron chi connectivity index (χ2n) is 6.23. The molecule has 0 radical (unpaired) electrons. The molecule has 0 saturated carbocycles.